The predicted octanol–water partition coefficient (Wildman–Crippen LogP) is 7.70. The summed E-state index contributed by atoms with van der Waals surface area (Å²) in [6.07, 6.45) is 4.27. The molecule has 0 aliphatic rings. The van der Waals surface area contributed by atoms with Crippen molar-refractivity contribution < 1.29 is 18.3 Å². The lowest BCUT2D eigenvalue weighted by Crippen LogP contribution is -2.08. The van der Waals surface area contributed by atoms with Gasteiger partial charge in [-0.25, -0.2) is 13.6 Å². The lowest BCUT2D eigenvalue weighted by Gasteiger charge is -2.12. The molecule has 4 rings (SSSR count). The Morgan fingerprint density at radius 1 is 0.853 bits per heavy atom. The van der Waals surface area contributed by atoms with Gasteiger partial charge in [0.05, 0.1) is 5.56 Å². The van der Waals surface area contributed by atoms with Gasteiger partial charge in [-0.05, 0) is 71.5 Å². The Balaban J connectivity index is 1.38. The third-order valence-corrected chi connectivity index (χ3v) is 5.60. The molecule has 1 atom stereocenters. The Morgan fingerprint density at radius 3 is 2.24 bits per heavy atom. The lowest BCUT2D eigenvalue weighted by molar-refractivity contribution is 0.0734. The highest BCUT2D eigenvalue weighted by Crippen LogP contribution is 2.22. The summed E-state index contributed by atoms with van der Waals surface area (Å²) in [4.78, 5) is 12.2. The molecule has 0 N–H and O–H groups in total. The van der Waals surface area contributed by atoms with Crippen molar-refractivity contribution >= 4 is 18.1 Å². The van der Waals surface area contributed by atoms with Crippen LogP contribution < -0.4 is 4.74 Å². The van der Waals surface area contributed by atoms with Crippen LogP contribution in [0.5, 0.6) is 5.75 Å². The Morgan fingerprint density at radius 2 is 1.56 bits per heavy atom. The second-order valence-corrected chi connectivity index (χ2v) is 8.17. The maximum Gasteiger partial charge on any atom is 0.343 e. The molecule has 4 aromatic rings. The molecular formula is C30H24F2O2. The van der Waals surface area contributed by atoms with Crippen molar-refractivity contribution in [2.75, 3.05) is 0 Å². The van der Waals surface area contributed by atoms with E-state index in [0.717, 1.165) is 17.5 Å². The van der Waals surface area contributed by atoms with Gasteiger partial charge in [-0.3, -0.25) is 0 Å². The highest BCUT2D eigenvalue weighted by atomic mass is 19.1. The van der Waals surface area contributed by atoms with E-state index in [1.165, 1.54) is 29.8 Å². The maximum atomic E-state index is 14.7. The van der Waals surface area contributed by atoms with Crippen LogP contribution in [-0.2, 0) is 6.42 Å². The summed E-state index contributed by atoms with van der Waals surface area (Å²) in [6, 6.07) is 27.6. The molecule has 0 spiro atoms. The average molecular weight is 455 g/mol. The number of rotatable bonds is 7. The summed E-state index contributed by atoms with van der Waals surface area (Å²) in [5, 5.41) is 0. The van der Waals surface area contributed by atoms with E-state index in [1.54, 1.807) is 48.6 Å². The fourth-order valence-corrected chi connectivity index (χ4v) is 3.67. The number of carbonyl (C=O) groups is 1. The van der Waals surface area contributed by atoms with Gasteiger partial charge in [0.2, 0.25) is 0 Å². The molecule has 2 nitrogen and oxygen atoms in total. The normalized spacial score (nSPS) is 12.0. The fourth-order valence-electron chi connectivity index (χ4n) is 3.67. The predicted molar refractivity (Wildman–Crippen MR) is 132 cm³/mol. The van der Waals surface area contributed by atoms with Crippen LogP contribution in [0.3, 0.4) is 0 Å². The van der Waals surface area contributed by atoms with E-state index in [-0.39, 0.29) is 11.6 Å². The van der Waals surface area contributed by atoms with Crippen molar-refractivity contribution in [1.29, 1.82) is 0 Å². The Labute approximate surface area is 198 Å². The number of hydrogen-bond acceptors (Lipinski definition) is 2. The molecule has 0 bridgehead atoms. The summed E-state index contributed by atoms with van der Waals surface area (Å²) in [5.74, 6) is -0.631. The minimum atomic E-state index is -0.534. The van der Waals surface area contributed by atoms with Gasteiger partial charge in [0.1, 0.15) is 17.4 Å². The highest BCUT2D eigenvalue weighted by molar-refractivity contribution is 5.91. The zero-order chi connectivity index (χ0) is 23.9. The van der Waals surface area contributed by atoms with Crippen molar-refractivity contribution in [3.05, 3.63) is 137 Å². The van der Waals surface area contributed by atoms with Gasteiger partial charge in [-0.2, -0.15) is 0 Å². The molecular weight excluding hydrogens is 430 g/mol. The monoisotopic (exact) mass is 454 g/mol. The Kier molecular flexibility index (Phi) is 7.28. The number of ether oxygens (including phenoxy) is 1. The summed E-state index contributed by atoms with van der Waals surface area (Å²) < 4.78 is 32.9. The standard InChI is InChI=1S/C30H24F2O2/c1-21(24-5-3-2-4-6-24)19-23-10-12-25(29(32)20-23)11-7-22-8-13-26(14-9-22)30(33)34-28-17-15-27(31)16-18-28/h2-18,20-21H,19H2,1H3/t21-/m0/s1. The van der Waals surface area contributed by atoms with Crippen LogP contribution in [0.4, 0.5) is 8.78 Å². The van der Waals surface area contributed by atoms with E-state index in [1.807, 2.05) is 24.3 Å². The summed E-state index contributed by atoms with van der Waals surface area (Å²) in [6.45, 7) is 2.14. The van der Waals surface area contributed by atoms with Crippen LogP contribution in [0.2, 0.25) is 0 Å². The quantitative estimate of drug-likeness (QED) is 0.162. The molecule has 0 aliphatic heterocycles. The second kappa shape index (κ2) is 10.7. The molecule has 0 aliphatic carbocycles. The van der Waals surface area contributed by atoms with Gasteiger partial charge in [0.25, 0.3) is 0 Å². The molecule has 34 heavy (non-hydrogen) atoms. The van der Waals surface area contributed by atoms with E-state index in [2.05, 4.69) is 19.1 Å². The van der Waals surface area contributed by atoms with Crippen LogP contribution in [0.25, 0.3) is 12.2 Å². The summed E-state index contributed by atoms with van der Waals surface area (Å²) in [5.41, 5.74) is 3.87. The van der Waals surface area contributed by atoms with E-state index in [9.17, 15) is 13.6 Å². The molecule has 4 aromatic carbocycles. The first-order valence-corrected chi connectivity index (χ1v) is 11.1. The molecule has 0 saturated heterocycles. The van der Waals surface area contributed by atoms with E-state index < -0.39 is 11.8 Å². The third-order valence-electron chi connectivity index (χ3n) is 5.60. The van der Waals surface area contributed by atoms with Gasteiger partial charge in [0, 0.05) is 5.56 Å². The van der Waals surface area contributed by atoms with E-state index in [4.69, 9.17) is 4.74 Å². The minimum Gasteiger partial charge on any atom is -0.423 e. The molecule has 0 heterocycles. The van der Waals surface area contributed by atoms with Crippen molar-refractivity contribution in [2.45, 2.75) is 19.3 Å². The van der Waals surface area contributed by atoms with Crippen LogP contribution in [-0.4, -0.2) is 5.97 Å². The number of esters is 1. The van der Waals surface area contributed by atoms with Crippen molar-refractivity contribution in [1.82, 2.24) is 0 Å². The third kappa shape index (κ3) is 6.04. The fraction of sp³-hybridized carbons (Fsp3) is 0.100. The Hall–Kier alpha value is -4.05. The molecule has 0 aromatic heterocycles. The maximum absolute atomic E-state index is 14.7. The molecule has 0 fully saturated rings. The van der Waals surface area contributed by atoms with Gasteiger partial charge in [0.15, 0.2) is 0 Å². The lowest BCUT2D eigenvalue weighted by atomic mass is 9.93. The zero-order valence-electron chi connectivity index (χ0n) is 18.7. The van der Waals surface area contributed by atoms with E-state index >= 15 is 0 Å². The van der Waals surface area contributed by atoms with Crippen LogP contribution in [0.15, 0.2) is 97.1 Å². The first kappa shape index (κ1) is 23.1. The van der Waals surface area contributed by atoms with Crippen molar-refractivity contribution in [3.63, 3.8) is 0 Å². The number of hydrogen-bond donors (Lipinski definition) is 0. The molecule has 0 saturated carbocycles. The van der Waals surface area contributed by atoms with Crippen molar-refractivity contribution in [2.24, 2.45) is 0 Å². The van der Waals surface area contributed by atoms with Crippen LogP contribution >= 0.6 is 0 Å². The molecule has 170 valence electrons. The molecule has 4 heteroatoms. The van der Waals surface area contributed by atoms with Crippen molar-refractivity contribution in [3.8, 4) is 5.75 Å². The average Bonchev–Trinajstić information content (AvgIpc) is 2.86. The van der Waals surface area contributed by atoms with Crippen LogP contribution in [0.1, 0.15) is 45.5 Å². The number of carbonyl (C=O) groups excluding carboxylic acids is 1. The molecule has 0 unspecified atom stereocenters. The smallest absolute Gasteiger partial charge is 0.343 e. The summed E-state index contributed by atoms with van der Waals surface area (Å²) in [7, 11) is 0. The van der Waals surface area contributed by atoms with Gasteiger partial charge < -0.3 is 4.74 Å². The summed E-state index contributed by atoms with van der Waals surface area (Å²) >= 11 is 0. The first-order valence-electron chi connectivity index (χ1n) is 11.1. The SMILES string of the molecule is C[C@@H](Cc1ccc(C=Cc2ccc(C(=O)Oc3ccc(F)cc3)cc2)c(F)c1)c1ccccc1. The largest absolute Gasteiger partial charge is 0.423 e. The van der Waals surface area contributed by atoms with Gasteiger partial charge >= 0.3 is 5.97 Å². The second-order valence-electron chi connectivity index (χ2n) is 8.17. The minimum absolute atomic E-state index is 0.270. The van der Waals surface area contributed by atoms with E-state index in [0.29, 0.717) is 17.0 Å². The molecule has 0 radical (unpaired) electrons. The molecule has 0 amide bonds. The number of halogens is 2. The first-order chi connectivity index (χ1) is 16.5. The number of benzene rings is 4. The topological polar surface area (TPSA) is 26.3 Å². The highest BCUT2D eigenvalue weighted by Gasteiger charge is 2.10. The van der Waals surface area contributed by atoms with Gasteiger partial charge in [-0.15, -0.1) is 0 Å². The van der Waals surface area contributed by atoms with Crippen LogP contribution in [0, 0.1) is 11.6 Å². The Bertz CT molecular complexity index is 1280. The zero-order valence-corrected chi connectivity index (χ0v) is 18.7. The van der Waals surface area contributed by atoms with Gasteiger partial charge in [-0.1, -0.05) is 73.7 Å².